The van der Waals surface area contributed by atoms with E-state index in [1.54, 1.807) is 13.1 Å². The lowest BCUT2D eigenvalue weighted by Gasteiger charge is -2.21. The predicted molar refractivity (Wildman–Crippen MR) is 145 cm³/mol. The molecule has 2 N–H and O–H groups in total. The van der Waals surface area contributed by atoms with Crippen LogP contribution in [0.1, 0.15) is 71.1 Å². The topological polar surface area (TPSA) is 98.5 Å². The van der Waals surface area contributed by atoms with E-state index in [-0.39, 0.29) is 17.7 Å². The molecule has 206 valence electrons. The molecule has 3 aromatic rings. The number of halogens is 1. The third kappa shape index (κ3) is 6.15. The minimum Gasteiger partial charge on any atom is -0.486 e. The van der Waals surface area contributed by atoms with Crippen LogP contribution < -0.4 is 20.3 Å². The van der Waals surface area contributed by atoms with Gasteiger partial charge in [0.25, 0.3) is 5.56 Å². The second-order valence-electron chi connectivity index (χ2n) is 10.5. The lowest BCUT2D eigenvalue weighted by Crippen LogP contribution is -2.29. The lowest BCUT2D eigenvalue weighted by atomic mass is 9.92. The van der Waals surface area contributed by atoms with Gasteiger partial charge in [-0.2, -0.15) is 0 Å². The molecule has 0 saturated carbocycles. The van der Waals surface area contributed by atoms with Gasteiger partial charge in [0.1, 0.15) is 24.6 Å². The van der Waals surface area contributed by atoms with E-state index in [0.717, 1.165) is 29.7 Å². The van der Waals surface area contributed by atoms with E-state index in [4.69, 9.17) is 9.47 Å². The highest BCUT2D eigenvalue weighted by molar-refractivity contribution is 5.81. The molecule has 0 amide bonds. The van der Waals surface area contributed by atoms with Gasteiger partial charge >= 0.3 is 0 Å². The average molecular weight is 527 g/mol. The molecule has 8 nitrogen and oxygen atoms in total. The molecule has 0 spiro atoms. The van der Waals surface area contributed by atoms with E-state index in [1.165, 1.54) is 48.6 Å². The van der Waals surface area contributed by atoms with Crippen LogP contribution in [-0.4, -0.2) is 38.9 Å². The molecular weight excluding hydrogens is 487 g/mol. The number of pyridine rings is 1. The number of nitrogens with one attached hydrogen (secondary N) is 1. The highest BCUT2D eigenvalue weighted by Gasteiger charge is 2.39. The standard InChI is InChI=1S/C17H28N2O2.C12H11FN2O2/c1-4-5-14(7-6-13(2)3)18-11-15-10-16-17(12-19-15)21-9-8-20-16;1-2-12(17)6-15-9(16)5-14-8-4-3-7(13)10(12)11(8)15/h10,12-14,18H,4-9,11H2,1-3H3;3-5,17H,2,6H2,1H3. The van der Waals surface area contributed by atoms with Crippen LogP contribution in [0.5, 0.6) is 11.5 Å². The minimum atomic E-state index is -1.31. The predicted octanol–water partition coefficient (Wildman–Crippen LogP) is 4.69. The molecule has 9 heteroatoms. The van der Waals surface area contributed by atoms with Gasteiger partial charge in [-0.1, -0.05) is 34.1 Å². The molecule has 5 rings (SSSR count). The van der Waals surface area contributed by atoms with E-state index >= 15 is 0 Å². The summed E-state index contributed by atoms with van der Waals surface area (Å²) in [4.78, 5) is 20.1. The first-order valence-electron chi connectivity index (χ1n) is 13.6. The van der Waals surface area contributed by atoms with Crippen LogP contribution in [0.15, 0.2) is 35.4 Å². The van der Waals surface area contributed by atoms with Crippen LogP contribution in [0.2, 0.25) is 0 Å². The summed E-state index contributed by atoms with van der Waals surface area (Å²) in [5, 5.41) is 14.1. The van der Waals surface area contributed by atoms with Crippen molar-refractivity contribution in [3.05, 3.63) is 58.0 Å². The molecular formula is C29H39FN4O4. The molecule has 0 radical (unpaired) electrons. The first-order valence-corrected chi connectivity index (χ1v) is 13.6. The largest absolute Gasteiger partial charge is 0.486 e. The van der Waals surface area contributed by atoms with Gasteiger partial charge in [0.15, 0.2) is 11.5 Å². The van der Waals surface area contributed by atoms with E-state index in [1.807, 2.05) is 6.07 Å². The number of nitrogens with zero attached hydrogens (tertiary/aromatic N) is 3. The Kier molecular flexibility index (Phi) is 8.99. The van der Waals surface area contributed by atoms with Gasteiger partial charge in [-0.3, -0.25) is 9.78 Å². The Morgan fingerprint density at radius 2 is 1.87 bits per heavy atom. The third-order valence-electron chi connectivity index (χ3n) is 7.21. The fourth-order valence-corrected chi connectivity index (χ4v) is 5.03. The second kappa shape index (κ2) is 12.2. The summed E-state index contributed by atoms with van der Waals surface area (Å²) in [6.45, 7) is 10.7. The highest BCUT2D eigenvalue weighted by Crippen LogP contribution is 2.39. The maximum Gasteiger partial charge on any atom is 0.269 e. The van der Waals surface area contributed by atoms with Crippen molar-refractivity contribution in [1.29, 1.82) is 0 Å². The molecule has 38 heavy (non-hydrogen) atoms. The van der Waals surface area contributed by atoms with Gasteiger partial charge in [0.2, 0.25) is 0 Å². The Morgan fingerprint density at radius 1 is 1.11 bits per heavy atom. The Morgan fingerprint density at radius 3 is 2.58 bits per heavy atom. The number of fused-ring (bicyclic) bond motifs is 1. The maximum absolute atomic E-state index is 13.9. The van der Waals surface area contributed by atoms with Crippen LogP contribution in [0.3, 0.4) is 0 Å². The van der Waals surface area contributed by atoms with Crippen LogP contribution in [0, 0.1) is 11.7 Å². The summed E-state index contributed by atoms with van der Waals surface area (Å²) in [6.07, 6.45) is 8.26. The summed E-state index contributed by atoms with van der Waals surface area (Å²) in [7, 11) is 0. The first kappa shape index (κ1) is 28.0. The summed E-state index contributed by atoms with van der Waals surface area (Å²) >= 11 is 0. The fourth-order valence-electron chi connectivity index (χ4n) is 5.03. The van der Waals surface area contributed by atoms with Crippen molar-refractivity contribution in [3.63, 3.8) is 0 Å². The Bertz CT molecular complexity index is 1310. The molecule has 0 aliphatic carbocycles. The molecule has 2 unspecified atom stereocenters. The summed E-state index contributed by atoms with van der Waals surface area (Å²) in [5.41, 5.74) is 0.548. The number of aliphatic hydroxyl groups is 1. The quantitative estimate of drug-likeness (QED) is 0.417. The van der Waals surface area contributed by atoms with E-state index in [9.17, 15) is 14.3 Å². The molecule has 4 heterocycles. The van der Waals surface area contributed by atoms with Crippen LogP contribution >= 0.6 is 0 Å². The second-order valence-corrected chi connectivity index (χ2v) is 10.5. The highest BCUT2D eigenvalue weighted by atomic mass is 19.1. The molecule has 2 aliphatic rings. The number of hydrogen-bond acceptors (Lipinski definition) is 7. The van der Waals surface area contributed by atoms with Crippen LogP contribution in [-0.2, 0) is 18.7 Å². The minimum absolute atomic E-state index is 0.0949. The normalized spacial score (nSPS) is 18.4. The molecule has 2 aromatic heterocycles. The fraction of sp³-hybridized carbons (Fsp3) is 0.552. The number of ether oxygens (including phenoxy) is 2. The summed E-state index contributed by atoms with van der Waals surface area (Å²) < 4.78 is 26.4. The molecule has 1 aromatic carbocycles. The van der Waals surface area contributed by atoms with Crippen molar-refractivity contribution in [1.82, 2.24) is 19.9 Å². The third-order valence-corrected chi connectivity index (χ3v) is 7.21. The average Bonchev–Trinajstić information content (AvgIpc) is 3.25. The van der Waals surface area contributed by atoms with Crippen molar-refractivity contribution in [2.24, 2.45) is 5.92 Å². The zero-order valence-electron chi connectivity index (χ0n) is 22.8. The van der Waals surface area contributed by atoms with Crippen molar-refractivity contribution in [2.45, 2.75) is 84.5 Å². The summed E-state index contributed by atoms with van der Waals surface area (Å²) in [5.74, 6) is 1.86. The van der Waals surface area contributed by atoms with E-state index in [0.29, 0.717) is 36.7 Å². The van der Waals surface area contributed by atoms with Gasteiger partial charge in [-0.15, -0.1) is 0 Å². The maximum atomic E-state index is 13.9. The van der Waals surface area contributed by atoms with Gasteiger partial charge in [-0.05, 0) is 43.7 Å². The van der Waals surface area contributed by atoms with E-state index in [2.05, 4.69) is 36.1 Å². The van der Waals surface area contributed by atoms with E-state index < -0.39 is 11.4 Å². The lowest BCUT2D eigenvalue weighted by molar-refractivity contribution is 0.0221. The summed E-state index contributed by atoms with van der Waals surface area (Å²) in [6, 6.07) is 5.37. The molecule has 0 bridgehead atoms. The molecule has 0 saturated heterocycles. The molecule has 0 fully saturated rings. The van der Waals surface area contributed by atoms with Crippen molar-refractivity contribution < 1.29 is 19.0 Å². The smallest absolute Gasteiger partial charge is 0.269 e. The molecule has 2 atom stereocenters. The Hall–Kier alpha value is -3.04. The first-order chi connectivity index (χ1) is 18.3. The zero-order chi connectivity index (χ0) is 27.3. The number of rotatable bonds is 9. The molecule has 2 aliphatic heterocycles. The van der Waals surface area contributed by atoms with Gasteiger partial charge in [-0.25, -0.2) is 9.37 Å². The Balaban J connectivity index is 0.000000180. The number of aromatic nitrogens is 3. The van der Waals surface area contributed by atoms with Gasteiger partial charge in [0.05, 0.1) is 35.7 Å². The SMILES string of the molecule is CCC1(O)Cn2c(=O)cnc3ccc(F)c1c32.CCCC(CCC(C)C)NCc1cc2c(cn1)OCCO2. The van der Waals surface area contributed by atoms with Crippen molar-refractivity contribution in [2.75, 3.05) is 13.2 Å². The van der Waals surface area contributed by atoms with Crippen LogP contribution in [0.25, 0.3) is 11.0 Å². The number of hydrogen-bond donors (Lipinski definition) is 2. The van der Waals surface area contributed by atoms with Crippen molar-refractivity contribution in [3.8, 4) is 11.5 Å². The zero-order valence-corrected chi connectivity index (χ0v) is 22.8. The van der Waals surface area contributed by atoms with Gasteiger partial charge in [0, 0.05) is 24.2 Å². The van der Waals surface area contributed by atoms with Crippen LogP contribution in [0.4, 0.5) is 4.39 Å². The van der Waals surface area contributed by atoms with Crippen molar-refractivity contribution >= 4 is 11.0 Å². The monoisotopic (exact) mass is 526 g/mol. The number of benzene rings is 1. The Labute approximate surface area is 223 Å². The van der Waals surface area contributed by atoms with Gasteiger partial charge < -0.3 is 24.5 Å².